The molecule has 0 bridgehead atoms. The molecule has 1 N–H and O–H groups in total. The molecule has 0 aromatic rings. The van der Waals surface area contributed by atoms with Crippen LogP contribution in [-0.4, -0.2) is 36.2 Å². The summed E-state index contributed by atoms with van der Waals surface area (Å²) in [6, 6.07) is 0. The molecule has 0 radical (unpaired) electrons. The summed E-state index contributed by atoms with van der Waals surface area (Å²) in [6.07, 6.45) is 14.3. The molecule has 1 fully saturated rings. The minimum absolute atomic E-state index is 0.154. The molecule has 1 rings (SSSR count). The van der Waals surface area contributed by atoms with Crippen molar-refractivity contribution in [1.29, 1.82) is 0 Å². The van der Waals surface area contributed by atoms with Crippen molar-refractivity contribution < 1.29 is 29.0 Å². The average Bonchev–Trinajstić information content (AvgIpc) is 2.77. The number of aliphatic carboxylic acids is 1. The van der Waals surface area contributed by atoms with Gasteiger partial charge in [0.25, 0.3) is 0 Å². The summed E-state index contributed by atoms with van der Waals surface area (Å²) in [6.45, 7) is 5.08. The molecule has 0 aromatic heterocycles. The van der Waals surface area contributed by atoms with Gasteiger partial charge < -0.3 is 14.6 Å². The molecule has 3 atom stereocenters. The van der Waals surface area contributed by atoms with Crippen molar-refractivity contribution in [1.82, 2.24) is 0 Å². The molecule has 0 saturated heterocycles. The predicted octanol–water partition coefficient (Wildman–Crippen LogP) is 5.91. The summed E-state index contributed by atoms with van der Waals surface area (Å²) >= 11 is 0. The van der Waals surface area contributed by atoms with Crippen LogP contribution >= 0.6 is 0 Å². The van der Waals surface area contributed by atoms with E-state index in [1.165, 1.54) is 38.5 Å². The maximum atomic E-state index is 12.4. The van der Waals surface area contributed by atoms with Gasteiger partial charge in [0.2, 0.25) is 0 Å². The van der Waals surface area contributed by atoms with E-state index in [2.05, 4.69) is 13.8 Å². The summed E-state index contributed by atoms with van der Waals surface area (Å²) in [7, 11) is 0. The highest BCUT2D eigenvalue weighted by Gasteiger charge is 2.42. The molecule has 31 heavy (non-hydrogen) atoms. The molecule has 0 spiro atoms. The normalized spacial score (nSPS) is 20.9. The summed E-state index contributed by atoms with van der Waals surface area (Å²) < 4.78 is 10.7. The minimum Gasteiger partial charge on any atom is -0.481 e. The average molecular weight is 441 g/mol. The largest absolute Gasteiger partial charge is 0.481 e. The Labute approximate surface area is 188 Å². The second-order valence-corrected chi connectivity index (χ2v) is 8.93. The maximum Gasteiger partial charge on any atom is 0.309 e. The molecule has 6 heteroatoms. The van der Waals surface area contributed by atoms with Gasteiger partial charge in [-0.05, 0) is 32.1 Å². The molecule has 180 valence electrons. The Morgan fingerprint density at radius 2 is 1.16 bits per heavy atom. The van der Waals surface area contributed by atoms with E-state index in [1.807, 2.05) is 0 Å². The first-order valence-electron chi connectivity index (χ1n) is 12.6. The van der Waals surface area contributed by atoms with Crippen LogP contribution in [0.3, 0.4) is 0 Å². The van der Waals surface area contributed by atoms with Crippen LogP contribution in [0.5, 0.6) is 0 Å². The quantitative estimate of drug-likeness (QED) is 0.223. The Morgan fingerprint density at radius 1 is 0.677 bits per heavy atom. The zero-order valence-corrected chi connectivity index (χ0v) is 19.7. The SMILES string of the molecule is CCCCCCCCOC(=O)C1CCC(C(=O)OCCCCCCCC)C(C(=O)O)C1. The van der Waals surface area contributed by atoms with Gasteiger partial charge in [0.15, 0.2) is 0 Å². The van der Waals surface area contributed by atoms with Crippen molar-refractivity contribution >= 4 is 17.9 Å². The van der Waals surface area contributed by atoms with Crippen molar-refractivity contribution in [2.45, 2.75) is 110 Å². The van der Waals surface area contributed by atoms with Gasteiger partial charge in [-0.1, -0.05) is 78.1 Å². The second kappa shape index (κ2) is 17.0. The van der Waals surface area contributed by atoms with E-state index in [-0.39, 0.29) is 12.4 Å². The number of unbranched alkanes of at least 4 members (excludes halogenated alkanes) is 10. The van der Waals surface area contributed by atoms with Crippen LogP contribution < -0.4 is 0 Å². The Morgan fingerprint density at radius 3 is 1.68 bits per heavy atom. The molecule has 1 saturated carbocycles. The predicted molar refractivity (Wildman–Crippen MR) is 121 cm³/mol. The van der Waals surface area contributed by atoms with Gasteiger partial charge in [-0.2, -0.15) is 0 Å². The van der Waals surface area contributed by atoms with Crippen LogP contribution in [0.25, 0.3) is 0 Å². The van der Waals surface area contributed by atoms with Gasteiger partial charge in [-0.3, -0.25) is 14.4 Å². The van der Waals surface area contributed by atoms with Crippen LogP contribution in [0.1, 0.15) is 110 Å². The highest BCUT2D eigenvalue weighted by Crippen LogP contribution is 2.36. The first kappa shape index (κ1) is 27.4. The van der Waals surface area contributed by atoms with Gasteiger partial charge in [0.1, 0.15) is 0 Å². The lowest BCUT2D eigenvalue weighted by atomic mass is 9.74. The summed E-state index contributed by atoms with van der Waals surface area (Å²) in [5.74, 6) is -3.77. The highest BCUT2D eigenvalue weighted by atomic mass is 16.5. The lowest BCUT2D eigenvalue weighted by molar-refractivity contribution is -0.164. The molecule has 6 nitrogen and oxygen atoms in total. The number of carboxylic acid groups (broad SMARTS) is 1. The van der Waals surface area contributed by atoms with Gasteiger partial charge in [-0.15, -0.1) is 0 Å². The Kier molecular flexibility index (Phi) is 15.1. The molecule has 3 unspecified atom stereocenters. The zero-order chi connectivity index (χ0) is 22.9. The molecule has 0 aliphatic heterocycles. The third-order valence-corrected chi connectivity index (χ3v) is 6.29. The van der Waals surface area contributed by atoms with E-state index >= 15 is 0 Å². The minimum atomic E-state index is -1.03. The zero-order valence-electron chi connectivity index (χ0n) is 19.7. The third kappa shape index (κ3) is 11.6. The first-order valence-corrected chi connectivity index (χ1v) is 12.6. The van der Waals surface area contributed by atoms with Gasteiger partial charge in [-0.25, -0.2) is 0 Å². The molecular formula is C25H44O6. The topological polar surface area (TPSA) is 89.9 Å². The third-order valence-electron chi connectivity index (χ3n) is 6.29. The fraction of sp³-hybridized carbons (Fsp3) is 0.880. The number of carbonyl (C=O) groups is 3. The number of esters is 2. The van der Waals surface area contributed by atoms with Crippen LogP contribution in [0.15, 0.2) is 0 Å². The van der Waals surface area contributed by atoms with Crippen molar-refractivity contribution in [2.75, 3.05) is 13.2 Å². The standard InChI is InChI=1S/C25H44O6/c1-3-5-7-9-11-13-17-30-24(28)20-15-16-21(22(19-20)23(26)27)25(29)31-18-14-12-10-8-6-4-2/h20-22H,3-19H2,1-2H3,(H,26,27). The van der Waals surface area contributed by atoms with E-state index in [0.717, 1.165) is 38.5 Å². The van der Waals surface area contributed by atoms with Gasteiger partial charge >= 0.3 is 17.9 Å². The second-order valence-electron chi connectivity index (χ2n) is 8.93. The lowest BCUT2D eigenvalue weighted by Crippen LogP contribution is -2.39. The number of rotatable bonds is 17. The fourth-order valence-electron chi connectivity index (χ4n) is 4.27. The van der Waals surface area contributed by atoms with Gasteiger partial charge in [0.05, 0.1) is 31.0 Å². The summed E-state index contributed by atoms with van der Waals surface area (Å²) in [5, 5.41) is 9.61. The number of carbonyl (C=O) groups excluding carboxylic acids is 2. The Hall–Kier alpha value is -1.59. The first-order chi connectivity index (χ1) is 15.0. The van der Waals surface area contributed by atoms with E-state index < -0.39 is 29.7 Å². The van der Waals surface area contributed by atoms with Crippen molar-refractivity contribution in [2.24, 2.45) is 17.8 Å². The Balaban J connectivity index is 2.32. The number of hydrogen-bond donors (Lipinski definition) is 1. The number of hydrogen-bond acceptors (Lipinski definition) is 5. The van der Waals surface area contributed by atoms with Gasteiger partial charge in [0, 0.05) is 0 Å². The fourth-order valence-corrected chi connectivity index (χ4v) is 4.27. The summed E-state index contributed by atoms with van der Waals surface area (Å²) in [4.78, 5) is 36.5. The molecule has 0 aromatic carbocycles. The molecule has 0 amide bonds. The van der Waals surface area contributed by atoms with Crippen molar-refractivity contribution in [3.8, 4) is 0 Å². The molecule has 0 heterocycles. The van der Waals surface area contributed by atoms with Crippen molar-refractivity contribution in [3.05, 3.63) is 0 Å². The monoisotopic (exact) mass is 440 g/mol. The van der Waals surface area contributed by atoms with E-state index in [0.29, 0.717) is 26.1 Å². The van der Waals surface area contributed by atoms with Crippen molar-refractivity contribution in [3.63, 3.8) is 0 Å². The van der Waals surface area contributed by atoms with Crippen LogP contribution in [0.4, 0.5) is 0 Å². The highest BCUT2D eigenvalue weighted by molar-refractivity contribution is 5.83. The summed E-state index contributed by atoms with van der Waals surface area (Å²) in [5.41, 5.74) is 0. The molecular weight excluding hydrogens is 396 g/mol. The number of carboxylic acids is 1. The maximum absolute atomic E-state index is 12.4. The van der Waals surface area contributed by atoms with Crippen LogP contribution in [0.2, 0.25) is 0 Å². The van der Waals surface area contributed by atoms with E-state index in [4.69, 9.17) is 9.47 Å². The smallest absolute Gasteiger partial charge is 0.309 e. The number of ether oxygens (including phenoxy) is 2. The van der Waals surface area contributed by atoms with Crippen LogP contribution in [-0.2, 0) is 23.9 Å². The Bertz CT molecular complexity index is 518. The molecule has 1 aliphatic rings. The molecule has 1 aliphatic carbocycles. The van der Waals surface area contributed by atoms with E-state index in [9.17, 15) is 19.5 Å². The van der Waals surface area contributed by atoms with Crippen LogP contribution in [0, 0.1) is 17.8 Å². The van der Waals surface area contributed by atoms with E-state index in [1.54, 1.807) is 0 Å². The lowest BCUT2D eigenvalue weighted by Gasteiger charge is -2.31.